The van der Waals surface area contributed by atoms with Crippen LogP contribution in [-0.4, -0.2) is 26.9 Å². The zero-order chi connectivity index (χ0) is 21.0. The molecular weight excluding hydrogens is 391 g/mol. The van der Waals surface area contributed by atoms with Gasteiger partial charge in [-0.1, -0.05) is 34.8 Å². The van der Waals surface area contributed by atoms with Gasteiger partial charge in [0.1, 0.15) is 11.9 Å². The van der Waals surface area contributed by atoms with Crippen molar-refractivity contribution in [2.75, 3.05) is 4.90 Å². The molecule has 0 spiro atoms. The summed E-state index contributed by atoms with van der Waals surface area (Å²) >= 11 is 1.05. The zero-order valence-electron chi connectivity index (χ0n) is 16.3. The van der Waals surface area contributed by atoms with Crippen molar-refractivity contribution in [3.05, 3.63) is 77.1 Å². The molecule has 1 unspecified atom stereocenters. The first-order valence-electron chi connectivity index (χ1n) is 8.99. The van der Waals surface area contributed by atoms with Crippen LogP contribution in [0.1, 0.15) is 42.9 Å². The van der Waals surface area contributed by atoms with E-state index in [-0.39, 0.29) is 11.6 Å². The first-order chi connectivity index (χ1) is 13.8. The number of amides is 2. The largest absolute Gasteiger partial charge is 0.349 e. The third-order valence-electron chi connectivity index (χ3n) is 4.02. The van der Waals surface area contributed by atoms with Crippen LogP contribution in [0.15, 0.2) is 60.0 Å². The molecule has 0 fully saturated rings. The van der Waals surface area contributed by atoms with E-state index in [0.29, 0.717) is 11.3 Å². The van der Waals surface area contributed by atoms with E-state index in [2.05, 4.69) is 14.9 Å². The molecule has 1 N–H and O–H groups in total. The Hall–Kier alpha value is -3.13. The molecule has 150 valence electrons. The van der Waals surface area contributed by atoms with Gasteiger partial charge in [-0.3, -0.25) is 14.5 Å². The summed E-state index contributed by atoms with van der Waals surface area (Å²) in [4.78, 5) is 28.0. The van der Waals surface area contributed by atoms with Gasteiger partial charge in [0.2, 0.25) is 5.91 Å². The van der Waals surface area contributed by atoms with Gasteiger partial charge in [0.25, 0.3) is 5.91 Å². The summed E-state index contributed by atoms with van der Waals surface area (Å²) in [5.74, 6) is -1.28. The van der Waals surface area contributed by atoms with Gasteiger partial charge in [0.05, 0.1) is 0 Å². The average Bonchev–Trinajstić information content (AvgIpc) is 3.20. The molecule has 3 aromatic rings. The number of carbonyl (C=O) groups excluding carboxylic acids is 2. The molecule has 1 aromatic heterocycles. The standard InChI is InChI=1S/C21H21FN4O2S/c1-21(2,3)23-19(27)18(14-9-11-15(22)12-10-14)26(16-7-5-4-6-8-16)20(28)17-13-29-25-24-17/h4-13,18H,1-3H3,(H,23,27). The van der Waals surface area contributed by atoms with E-state index in [1.165, 1.54) is 34.5 Å². The summed E-state index contributed by atoms with van der Waals surface area (Å²) in [6.45, 7) is 5.56. The van der Waals surface area contributed by atoms with E-state index in [1.807, 2.05) is 26.8 Å². The third-order valence-corrected chi connectivity index (χ3v) is 4.53. The predicted octanol–water partition coefficient (Wildman–Crippen LogP) is 3.98. The van der Waals surface area contributed by atoms with Crippen molar-refractivity contribution < 1.29 is 14.0 Å². The quantitative estimate of drug-likeness (QED) is 0.688. The Labute approximate surface area is 172 Å². The van der Waals surface area contributed by atoms with Gasteiger partial charge in [-0.25, -0.2) is 4.39 Å². The molecule has 0 radical (unpaired) electrons. The van der Waals surface area contributed by atoms with Crippen molar-refractivity contribution in [2.24, 2.45) is 0 Å². The predicted molar refractivity (Wildman–Crippen MR) is 110 cm³/mol. The van der Waals surface area contributed by atoms with Crippen LogP contribution in [0.3, 0.4) is 0 Å². The van der Waals surface area contributed by atoms with Crippen LogP contribution in [0.5, 0.6) is 0 Å². The van der Waals surface area contributed by atoms with Crippen LogP contribution in [0.2, 0.25) is 0 Å². The van der Waals surface area contributed by atoms with Crippen molar-refractivity contribution in [2.45, 2.75) is 32.4 Å². The molecule has 6 nitrogen and oxygen atoms in total. The van der Waals surface area contributed by atoms with Crippen molar-refractivity contribution in [1.29, 1.82) is 0 Å². The van der Waals surface area contributed by atoms with E-state index in [9.17, 15) is 14.0 Å². The highest BCUT2D eigenvalue weighted by molar-refractivity contribution is 7.03. The second kappa shape index (κ2) is 8.48. The third kappa shape index (κ3) is 5.03. The van der Waals surface area contributed by atoms with Crippen LogP contribution in [0.25, 0.3) is 0 Å². The first kappa shape index (κ1) is 20.6. The Morgan fingerprint density at radius 1 is 1.07 bits per heavy atom. The number of anilines is 1. The lowest BCUT2D eigenvalue weighted by Gasteiger charge is -2.33. The number of aromatic nitrogens is 2. The minimum Gasteiger partial charge on any atom is -0.349 e. The normalized spacial score (nSPS) is 12.3. The number of nitrogens with one attached hydrogen (secondary N) is 1. The number of hydrogen-bond donors (Lipinski definition) is 1. The summed E-state index contributed by atoms with van der Waals surface area (Å²) in [6.07, 6.45) is 0. The lowest BCUT2D eigenvalue weighted by molar-refractivity contribution is -0.123. The molecule has 1 atom stereocenters. The van der Waals surface area contributed by atoms with Crippen LogP contribution < -0.4 is 10.2 Å². The first-order valence-corrected chi connectivity index (χ1v) is 9.83. The average molecular weight is 412 g/mol. The van der Waals surface area contributed by atoms with E-state index in [1.54, 1.807) is 24.3 Å². The highest BCUT2D eigenvalue weighted by atomic mass is 32.1. The number of nitrogens with zero attached hydrogens (tertiary/aromatic N) is 3. The molecule has 2 amide bonds. The van der Waals surface area contributed by atoms with Crippen molar-refractivity contribution in [3.63, 3.8) is 0 Å². The maximum absolute atomic E-state index is 13.5. The van der Waals surface area contributed by atoms with Gasteiger partial charge in [-0.05, 0) is 62.1 Å². The maximum Gasteiger partial charge on any atom is 0.280 e. The van der Waals surface area contributed by atoms with Crippen LogP contribution in [0.4, 0.5) is 10.1 Å². The van der Waals surface area contributed by atoms with E-state index in [0.717, 1.165) is 11.5 Å². The van der Waals surface area contributed by atoms with Crippen LogP contribution in [-0.2, 0) is 4.79 Å². The molecule has 2 aromatic carbocycles. The van der Waals surface area contributed by atoms with Crippen molar-refractivity contribution in [1.82, 2.24) is 14.9 Å². The molecule has 8 heteroatoms. The number of para-hydroxylation sites is 1. The van der Waals surface area contributed by atoms with E-state index >= 15 is 0 Å². The molecule has 1 heterocycles. The smallest absolute Gasteiger partial charge is 0.280 e. The summed E-state index contributed by atoms with van der Waals surface area (Å²) in [5.41, 5.74) is 0.607. The highest BCUT2D eigenvalue weighted by Crippen LogP contribution is 2.30. The molecule has 0 saturated heterocycles. The van der Waals surface area contributed by atoms with Crippen molar-refractivity contribution in [3.8, 4) is 0 Å². The summed E-state index contributed by atoms with van der Waals surface area (Å²) in [6, 6.07) is 13.4. The molecule has 3 rings (SSSR count). The summed E-state index contributed by atoms with van der Waals surface area (Å²) in [7, 11) is 0. The highest BCUT2D eigenvalue weighted by Gasteiger charge is 2.35. The summed E-state index contributed by atoms with van der Waals surface area (Å²) in [5, 5.41) is 8.32. The number of hydrogen-bond acceptors (Lipinski definition) is 5. The Morgan fingerprint density at radius 3 is 2.28 bits per heavy atom. The van der Waals surface area contributed by atoms with Crippen LogP contribution in [0, 0.1) is 5.82 Å². The molecular formula is C21H21FN4O2S. The number of rotatable bonds is 5. The van der Waals surface area contributed by atoms with Gasteiger partial charge in [-0.2, -0.15) is 0 Å². The Morgan fingerprint density at radius 2 is 1.72 bits per heavy atom. The van der Waals surface area contributed by atoms with Crippen molar-refractivity contribution >= 4 is 29.0 Å². The SMILES string of the molecule is CC(C)(C)NC(=O)C(c1ccc(F)cc1)N(C(=O)c1csnn1)c1ccccc1. The van der Waals surface area contributed by atoms with E-state index in [4.69, 9.17) is 0 Å². The number of carbonyl (C=O) groups is 2. The van der Waals surface area contributed by atoms with Gasteiger partial charge < -0.3 is 5.32 Å². The lowest BCUT2D eigenvalue weighted by atomic mass is 10.0. The Bertz CT molecular complexity index is 970. The molecule has 0 aliphatic rings. The minimum absolute atomic E-state index is 0.134. The minimum atomic E-state index is -1.02. The lowest BCUT2D eigenvalue weighted by Crippen LogP contribution is -2.49. The Balaban J connectivity index is 2.15. The van der Waals surface area contributed by atoms with Gasteiger partial charge in [0, 0.05) is 16.6 Å². The van der Waals surface area contributed by atoms with Gasteiger partial charge in [-0.15, -0.1) is 5.10 Å². The molecule has 0 bridgehead atoms. The fourth-order valence-corrected chi connectivity index (χ4v) is 3.28. The fourth-order valence-electron chi connectivity index (χ4n) is 2.85. The second-order valence-electron chi connectivity index (χ2n) is 7.49. The molecule has 29 heavy (non-hydrogen) atoms. The number of benzene rings is 2. The molecule has 0 aliphatic carbocycles. The fraction of sp³-hybridized carbons (Fsp3) is 0.238. The Kier molecular flexibility index (Phi) is 6.03. The summed E-state index contributed by atoms with van der Waals surface area (Å²) < 4.78 is 17.3. The van der Waals surface area contributed by atoms with Crippen LogP contribution >= 0.6 is 11.5 Å². The number of halogens is 1. The second-order valence-corrected chi connectivity index (χ2v) is 8.10. The maximum atomic E-state index is 13.5. The van der Waals surface area contributed by atoms with Gasteiger partial charge >= 0.3 is 0 Å². The molecule has 0 saturated carbocycles. The van der Waals surface area contributed by atoms with Gasteiger partial charge in [0.15, 0.2) is 5.69 Å². The van der Waals surface area contributed by atoms with E-state index < -0.39 is 23.3 Å². The monoisotopic (exact) mass is 412 g/mol. The molecule has 0 aliphatic heterocycles. The topological polar surface area (TPSA) is 75.2 Å². The zero-order valence-corrected chi connectivity index (χ0v) is 17.1.